The van der Waals surface area contributed by atoms with Crippen LogP contribution < -0.4 is 4.74 Å². The van der Waals surface area contributed by atoms with Gasteiger partial charge in [0.05, 0.1) is 5.56 Å². The summed E-state index contributed by atoms with van der Waals surface area (Å²) in [5.41, 5.74) is 3.77. The van der Waals surface area contributed by atoms with Crippen molar-refractivity contribution in [3.05, 3.63) is 77.1 Å². The molecule has 0 spiro atoms. The quantitative estimate of drug-likeness (QED) is 0.209. The van der Waals surface area contributed by atoms with Crippen molar-refractivity contribution in [1.82, 2.24) is 0 Å². The van der Waals surface area contributed by atoms with Crippen molar-refractivity contribution < 1.29 is 17.9 Å². The first-order valence-corrected chi connectivity index (χ1v) is 14.1. The van der Waals surface area contributed by atoms with Crippen molar-refractivity contribution in [2.75, 3.05) is 0 Å². The minimum absolute atomic E-state index is 0.218. The predicted octanol–water partition coefficient (Wildman–Crippen LogP) is 10.6. The summed E-state index contributed by atoms with van der Waals surface area (Å²) in [7, 11) is 0. The van der Waals surface area contributed by atoms with Crippen LogP contribution >= 0.6 is 0 Å². The van der Waals surface area contributed by atoms with Gasteiger partial charge in [-0.25, -0.2) is 4.39 Å². The molecule has 0 saturated carbocycles. The van der Waals surface area contributed by atoms with Gasteiger partial charge in [-0.15, -0.1) is 0 Å². The monoisotopic (exact) mass is 508 g/mol. The third kappa shape index (κ3) is 6.58. The third-order valence-corrected chi connectivity index (χ3v) is 7.44. The Hall–Kier alpha value is -2.75. The van der Waals surface area contributed by atoms with Gasteiger partial charge in [0, 0.05) is 5.56 Å². The molecule has 0 aromatic heterocycles. The molecule has 0 amide bonds. The Bertz CT molecular complexity index is 1170. The predicted molar refractivity (Wildman–Crippen MR) is 147 cm³/mol. The first kappa shape index (κ1) is 27.3. The fourth-order valence-electron chi connectivity index (χ4n) is 5.20. The zero-order valence-corrected chi connectivity index (χ0v) is 22.2. The van der Waals surface area contributed by atoms with Gasteiger partial charge >= 0.3 is 6.11 Å². The second kappa shape index (κ2) is 12.7. The smallest absolute Gasteiger partial charge is 0.425 e. The highest BCUT2D eigenvalue weighted by molar-refractivity contribution is 5.80. The Balaban J connectivity index is 1.52. The molecule has 1 aliphatic heterocycles. The molecular formula is C33H39F3O. The molecule has 4 rings (SSSR count). The maximum absolute atomic E-state index is 15.3. The molecule has 4 heteroatoms. The molecule has 1 aliphatic rings. The lowest BCUT2D eigenvalue weighted by Gasteiger charge is -2.29. The zero-order valence-electron chi connectivity index (χ0n) is 22.2. The molecule has 198 valence electrons. The molecule has 0 bridgehead atoms. The SMILES string of the molecule is CCCCCCCCc1ccc2c(c1F)OC(F)(F)c1cc(-c3ccc(CCCCCC)cc3)ccc1-2. The lowest BCUT2D eigenvalue weighted by atomic mass is 9.90. The molecule has 3 aromatic rings. The van der Waals surface area contributed by atoms with Crippen LogP contribution in [0.3, 0.4) is 0 Å². The van der Waals surface area contributed by atoms with Crippen LogP contribution in [-0.4, -0.2) is 0 Å². The van der Waals surface area contributed by atoms with Crippen LogP contribution in [0.1, 0.15) is 94.7 Å². The summed E-state index contributed by atoms with van der Waals surface area (Å²) >= 11 is 0. The average Bonchev–Trinajstić information content (AvgIpc) is 2.90. The van der Waals surface area contributed by atoms with Crippen LogP contribution in [0.15, 0.2) is 54.6 Å². The fraction of sp³-hybridized carbons (Fsp3) is 0.455. The number of alkyl halides is 2. The molecule has 0 aliphatic carbocycles. The number of halogens is 3. The molecule has 0 unspecified atom stereocenters. The van der Waals surface area contributed by atoms with Crippen molar-refractivity contribution in [3.63, 3.8) is 0 Å². The summed E-state index contributed by atoms with van der Waals surface area (Å²) in [6.45, 7) is 4.37. The summed E-state index contributed by atoms with van der Waals surface area (Å²) in [5.74, 6) is -0.990. The largest absolute Gasteiger partial charge is 0.427 e. The highest BCUT2D eigenvalue weighted by Gasteiger charge is 2.43. The Morgan fingerprint density at radius 1 is 0.649 bits per heavy atom. The van der Waals surface area contributed by atoms with Crippen molar-refractivity contribution in [2.24, 2.45) is 0 Å². The normalized spacial score (nSPS) is 13.6. The van der Waals surface area contributed by atoms with Gasteiger partial charge in [-0.05, 0) is 59.6 Å². The van der Waals surface area contributed by atoms with E-state index in [1.807, 2.05) is 18.2 Å². The first-order valence-electron chi connectivity index (χ1n) is 14.1. The van der Waals surface area contributed by atoms with Gasteiger partial charge in [-0.2, -0.15) is 8.78 Å². The summed E-state index contributed by atoms with van der Waals surface area (Å²) in [4.78, 5) is 0. The lowest BCUT2D eigenvalue weighted by Crippen LogP contribution is -2.27. The van der Waals surface area contributed by atoms with E-state index in [9.17, 15) is 0 Å². The molecule has 37 heavy (non-hydrogen) atoms. The van der Waals surface area contributed by atoms with Crippen LogP contribution in [0.2, 0.25) is 0 Å². The van der Waals surface area contributed by atoms with E-state index >= 15 is 13.2 Å². The standard InChI is InChI=1S/C33H39F3O/c1-3-5-7-9-10-12-14-26-19-22-29-28-21-20-27(23-30(28)33(35,36)37-32(29)31(26)34)25-17-15-24(16-18-25)13-11-8-6-4-2/h15-23H,3-14H2,1-2H3. The molecule has 0 radical (unpaired) electrons. The van der Waals surface area contributed by atoms with E-state index in [1.54, 1.807) is 18.2 Å². The van der Waals surface area contributed by atoms with Crippen LogP contribution in [0.5, 0.6) is 5.75 Å². The second-order valence-electron chi connectivity index (χ2n) is 10.3. The second-order valence-corrected chi connectivity index (χ2v) is 10.3. The Labute approximate surface area is 220 Å². The minimum Gasteiger partial charge on any atom is -0.425 e. The van der Waals surface area contributed by atoms with Crippen LogP contribution in [0, 0.1) is 5.82 Å². The van der Waals surface area contributed by atoms with E-state index in [1.165, 1.54) is 50.2 Å². The van der Waals surface area contributed by atoms with Gasteiger partial charge in [0.2, 0.25) is 0 Å². The number of ether oxygens (including phenoxy) is 1. The maximum Gasteiger partial charge on any atom is 0.427 e. The van der Waals surface area contributed by atoms with Gasteiger partial charge in [0.1, 0.15) is 0 Å². The number of aryl methyl sites for hydroxylation is 2. The van der Waals surface area contributed by atoms with E-state index in [-0.39, 0.29) is 11.3 Å². The number of rotatable bonds is 13. The number of unbranched alkanes of at least 4 members (excludes halogenated alkanes) is 8. The summed E-state index contributed by atoms with van der Waals surface area (Å²) in [6, 6.07) is 16.6. The van der Waals surface area contributed by atoms with Crippen molar-refractivity contribution in [2.45, 2.75) is 97.0 Å². The molecule has 0 saturated heterocycles. The maximum atomic E-state index is 15.3. The summed E-state index contributed by atoms with van der Waals surface area (Å²) in [6.07, 6.45) is 9.34. The Morgan fingerprint density at radius 2 is 1.24 bits per heavy atom. The third-order valence-electron chi connectivity index (χ3n) is 7.44. The highest BCUT2D eigenvalue weighted by Crippen LogP contribution is 2.49. The van der Waals surface area contributed by atoms with Crippen molar-refractivity contribution >= 4 is 0 Å². The molecule has 0 atom stereocenters. The molecule has 1 nitrogen and oxygen atoms in total. The summed E-state index contributed by atoms with van der Waals surface area (Å²) < 4.78 is 50.7. The number of benzene rings is 3. The van der Waals surface area contributed by atoms with Crippen LogP contribution in [-0.2, 0) is 19.0 Å². The topological polar surface area (TPSA) is 9.23 Å². The van der Waals surface area contributed by atoms with Crippen molar-refractivity contribution in [3.8, 4) is 28.0 Å². The average molecular weight is 509 g/mol. The van der Waals surface area contributed by atoms with E-state index in [2.05, 4.69) is 26.0 Å². The Kier molecular flexibility index (Phi) is 9.34. The highest BCUT2D eigenvalue weighted by atomic mass is 19.3. The number of hydrogen-bond donors (Lipinski definition) is 0. The van der Waals surface area contributed by atoms with Crippen molar-refractivity contribution in [1.29, 1.82) is 0 Å². The van der Waals surface area contributed by atoms with Crippen LogP contribution in [0.25, 0.3) is 22.3 Å². The van der Waals surface area contributed by atoms with E-state index < -0.39 is 11.9 Å². The lowest BCUT2D eigenvalue weighted by molar-refractivity contribution is -0.188. The van der Waals surface area contributed by atoms with E-state index in [0.29, 0.717) is 28.7 Å². The fourth-order valence-corrected chi connectivity index (χ4v) is 5.20. The van der Waals surface area contributed by atoms with Gasteiger partial charge in [-0.3, -0.25) is 0 Å². The first-order chi connectivity index (χ1) is 17.9. The van der Waals surface area contributed by atoms with E-state index in [0.717, 1.165) is 37.7 Å². The molecule has 0 fully saturated rings. The molecule has 1 heterocycles. The van der Waals surface area contributed by atoms with Gasteiger partial charge in [0.25, 0.3) is 0 Å². The van der Waals surface area contributed by atoms with Gasteiger partial charge in [0.15, 0.2) is 11.6 Å². The minimum atomic E-state index is -3.60. The van der Waals surface area contributed by atoms with Crippen LogP contribution in [0.4, 0.5) is 13.2 Å². The Morgan fingerprint density at radius 3 is 1.97 bits per heavy atom. The molecule has 3 aromatic carbocycles. The number of hydrogen-bond acceptors (Lipinski definition) is 1. The molecule has 0 N–H and O–H groups in total. The number of fused-ring (bicyclic) bond motifs is 3. The molecular weight excluding hydrogens is 469 g/mol. The van der Waals surface area contributed by atoms with E-state index in [4.69, 9.17) is 4.74 Å². The summed E-state index contributed by atoms with van der Waals surface area (Å²) in [5, 5.41) is 0. The zero-order chi connectivity index (χ0) is 26.3. The van der Waals surface area contributed by atoms with Gasteiger partial charge in [-0.1, -0.05) is 114 Å². The van der Waals surface area contributed by atoms with Gasteiger partial charge < -0.3 is 4.74 Å².